The average Bonchev–Trinajstić information content (AvgIpc) is 3.22. The van der Waals surface area contributed by atoms with Crippen molar-refractivity contribution in [2.45, 2.75) is 20.4 Å². The van der Waals surface area contributed by atoms with Gasteiger partial charge in [0.25, 0.3) is 5.56 Å². The minimum absolute atomic E-state index is 0.0338. The van der Waals surface area contributed by atoms with Gasteiger partial charge in [0.1, 0.15) is 11.4 Å². The molecule has 158 valence electrons. The lowest BCUT2D eigenvalue weighted by atomic mass is 10.1. The molecule has 5 nitrogen and oxygen atoms in total. The highest BCUT2D eigenvalue weighted by atomic mass is 32.1. The second kappa shape index (κ2) is 8.29. The number of aryl methyl sites for hydroxylation is 1. The predicted molar refractivity (Wildman–Crippen MR) is 128 cm³/mol. The van der Waals surface area contributed by atoms with Crippen LogP contribution in [0.4, 0.5) is 5.69 Å². The predicted octanol–water partition coefficient (Wildman–Crippen LogP) is 3.17. The normalized spacial score (nSPS) is 15.0. The Morgan fingerprint density at radius 1 is 1.06 bits per heavy atom. The molecule has 1 aliphatic rings. The Hall–Kier alpha value is -2.96. The van der Waals surface area contributed by atoms with E-state index in [1.165, 1.54) is 21.7 Å². The van der Waals surface area contributed by atoms with E-state index in [1.807, 2.05) is 35.7 Å². The zero-order chi connectivity index (χ0) is 21.4. The van der Waals surface area contributed by atoms with Gasteiger partial charge in [0.05, 0.1) is 31.6 Å². The lowest BCUT2D eigenvalue weighted by Crippen LogP contribution is -3.13. The fraction of sp³-hybridized carbons (Fsp3) is 0.280. The average molecular weight is 432 g/mol. The van der Waals surface area contributed by atoms with Crippen LogP contribution in [0.5, 0.6) is 0 Å². The first kappa shape index (κ1) is 20.0. The summed E-state index contributed by atoms with van der Waals surface area (Å²) in [5.74, 6) is 0.786. The summed E-state index contributed by atoms with van der Waals surface area (Å²) in [6.45, 7) is 9.24. The van der Waals surface area contributed by atoms with Crippen molar-refractivity contribution in [2.24, 2.45) is 0 Å². The van der Waals surface area contributed by atoms with Gasteiger partial charge in [0, 0.05) is 16.6 Å². The molecule has 0 bridgehead atoms. The number of nitrogens with one attached hydrogen (secondary N) is 2. The molecule has 1 aliphatic heterocycles. The van der Waals surface area contributed by atoms with Crippen molar-refractivity contribution in [1.82, 2.24) is 9.97 Å². The molecule has 2 aromatic heterocycles. The molecule has 0 aliphatic carbocycles. The zero-order valence-corrected chi connectivity index (χ0v) is 18.8. The van der Waals surface area contributed by atoms with Gasteiger partial charge in [0.2, 0.25) is 0 Å². The minimum atomic E-state index is -0.0338. The highest BCUT2D eigenvalue weighted by molar-refractivity contribution is 7.17. The van der Waals surface area contributed by atoms with E-state index in [2.05, 4.69) is 41.9 Å². The molecule has 0 atom stereocenters. The summed E-state index contributed by atoms with van der Waals surface area (Å²) in [7, 11) is 0. The quantitative estimate of drug-likeness (QED) is 0.522. The van der Waals surface area contributed by atoms with E-state index >= 15 is 0 Å². The van der Waals surface area contributed by atoms with Crippen LogP contribution in [0.3, 0.4) is 0 Å². The van der Waals surface area contributed by atoms with Crippen molar-refractivity contribution in [3.63, 3.8) is 0 Å². The Morgan fingerprint density at radius 3 is 2.61 bits per heavy atom. The van der Waals surface area contributed by atoms with Crippen molar-refractivity contribution < 1.29 is 4.90 Å². The number of aromatic amines is 1. The molecule has 2 N–H and O–H groups in total. The molecule has 5 rings (SSSR count). The second-order valence-corrected chi connectivity index (χ2v) is 9.20. The first-order valence-electron chi connectivity index (χ1n) is 10.8. The fourth-order valence-corrected chi connectivity index (χ4v) is 5.43. The molecule has 6 heteroatoms. The summed E-state index contributed by atoms with van der Waals surface area (Å²) in [6, 6.07) is 16.6. The number of H-pyrrole nitrogens is 1. The van der Waals surface area contributed by atoms with Gasteiger partial charge in [-0.05, 0) is 36.6 Å². The molecule has 0 amide bonds. The molecular weight excluding hydrogens is 404 g/mol. The Kier molecular flexibility index (Phi) is 5.34. The van der Waals surface area contributed by atoms with Gasteiger partial charge >= 0.3 is 0 Å². The van der Waals surface area contributed by atoms with Gasteiger partial charge in [-0.3, -0.25) is 4.79 Å². The Morgan fingerprint density at radius 2 is 1.84 bits per heavy atom. The van der Waals surface area contributed by atoms with Crippen LogP contribution in [0.1, 0.15) is 17.0 Å². The maximum atomic E-state index is 12.9. The van der Waals surface area contributed by atoms with Crippen molar-refractivity contribution in [2.75, 3.05) is 31.1 Å². The summed E-state index contributed by atoms with van der Waals surface area (Å²) in [5, 5.41) is 2.75. The van der Waals surface area contributed by atoms with Gasteiger partial charge in [0.15, 0.2) is 5.82 Å². The number of anilines is 1. The first-order chi connectivity index (χ1) is 15.1. The van der Waals surface area contributed by atoms with Crippen LogP contribution in [0.15, 0.2) is 58.7 Å². The van der Waals surface area contributed by atoms with E-state index in [4.69, 9.17) is 4.98 Å². The van der Waals surface area contributed by atoms with Gasteiger partial charge in [-0.25, -0.2) is 4.98 Å². The topological polar surface area (TPSA) is 53.4 Å². The molecule has 2 aromatic carbocycles. The summed E-state index contributed by atoms with van der Waals surface area (Å²) < 4.78 is 0. The third-order valence-corrected chi connectivity index (χ3v) is 7.25. The number of rotatable bonds is 4. The molecule has 3 heterocycles. The molecule has 1 fully saturated rings. The number of hydrogen-bond donors (Lipinski definition) is 2. The molecule has 0 radical (unpaired) electrons. The molecule has 0 saturated carbocycles. The number of nitrogens with zero attached hydrogens (tertiary/aromatic N) is 2. The Balaban J connectivity index is 1.32. The Bertz CT molecular complexity index is 1270. The van der Waals surface area contributed by atoms with E-state index in [1.54, 1.807) is 11.3 Å². The number of aromatic nitrogens is 2. The highest BCUT2D eigenvalue weighted by Gasteiger charge is 2.23. The standard InChI is InChI=1S/C25H26N4OS/c1-17-7-6-10-21(18(17)2)29-13-11-28(12-14-29)15-22-26-24(30)23-20(16-31-25(23)27-22)19-8-4-3-5-9-19/h3-10,16H,11-15H2,1-2H3,(H,26,27,30)/p+1. The number of thiophene rings is 1. The number of hydrogen-bond acceptors (Lipinski definition) is 4. The van der Waals surface area contributed by atoms with Crippen molar-refractivity contribution in [3.05, 3.63) is 81.2 Å². The van der Waals surface area contributed by atoms with E-state index in [0.717, 1.165) is 54.5 Å². The van der Waals surface area contributed by atoms with E-state index in [9.17, 15) is 4.79 Å². The lowest BCUT2D eigenvalue weighted by molar-refractivity contribution is -0.915. The molecule has 0 spiro atoms. The van der Waals surface area contributed by atoms with Crippen molar-refractivity contribution in [3.8, 4) is 11.1 Å². The third kappa shape index (κ3) is 3.89. The number of quaternary nitrogens is 1. The zero-order valence-electron chi connectivity index (χ0n) is 17.9. The molecular formula is C25H27N4OS+. The summed E-state index contributed by atoms with van der Waals surface area (Å²) in [4.78, 5) is 25.5. The maximum Gasteiger partial charge on any atom is 0.260 e. The van der Waals surface area contributed by atoms with Crippen LogP contribution in [0, 0.1) is 13.8 Å². The van der Waals surface area contributed by atoms with Gasteiger partial charge in [-0.2, -0.15) is 0 Å². The maximum absolute atomic E-state index is 12.9. The molecule has 31 heavy (non-hydrogen) atoms. The van der Waals surface area contributed by atoms with Crippen LogP contribution < -0.4 is 15.4 Å². The van der Waals surface area contributed by atoms with Crippen LogP contribution >= 0.6 is 11.3 Å². The second-order valence-electron chi connectivity index (χ2n) is 8.34. The van der Waals surface area contributed by atoms with Crippen molar-refractivity contribution in [1.29, 1.82) is 0 Å². The monoisotopic (exact) mass is 431 g/mol. The summed E-state index contributed by atoms with van der Waals surface area (Å²) in [5.41, 5.74) is 6.05. The van der Waals surface area contributed by atoms with Gasteiger partial charge < -0.3 is 14.8 Å². The molecule has 1 saturated heterocycles. The van der Waals surface area contributed by atoms with Crippen molar-refractivity contribution >= 4 is 27.2 Å². The fourth-order valence-electron chi connectivity index (χ4n) is 4.46. The summed E-state index contributed by atoms with van der Waals surface area (Å²) in [6.07, 6.45) is 0. The van der Waals surface area contributed by atoms with Gasteiger partial charge in [-0.1, -0.05) is 42.5 Å². The van der Waals surface area contributed by atoms with E-state index in [-0.39, 0.29) is 5.56 Å². The minimum Gasteiger partial charge on any atom is -0.360 e. The van der Waals surface area contributed by atoms with E-state index in [0.29, 0.717) is 5.39 Å². The summed E-state index contributed by atoms with van der Waals surface area (Å²) >= 11 is 1.55. The van der Waals surface area contributed by atoms with Crippen LogP contribution in [0.25, 0.3) is 21.3 Å². The van der Waals surface area contributed by atoms with E-state index < -0.39 is 0 Å². The molecule has 0 unspecified atom stereocenters. The number of piperazine rings is 1. The smallest absolute Gasteiger partial charge is 0.260 e. The van der Waals surface area contributed by atoms with Crippen LogP contribution in [-0.2, 0) is 6.54 Å². The SMILES string of the molecule is Cc1cccc(N2CC[NH+](Cc3nc4scc(-c5ccccc5)c4c(=O)[nH]3)CC2)c1C. The third-order valence-electron chi connectivity index (χ3n) is 6.38. The molecule has 4 aromatic rings. The largest absolute Gasteiger partial charge is 0.360 e. The Labute approximate surface area is 186 Å². The number of benzene rings is 2. The van der Waals surface area contributed by atoms with Crippen LogP contribution in [-0.4, -0.2) is 36.1 Å². The first-order valence-corrected chi connectivity index (χ1v) is 11.7. The van der Waals surface area contributed by atoms with Gasteiger partial charge in [-0.15, -0.1) is 11.3 Å². The van der Waals surface area contributed by atoms with Crippen LogP contribution in [0.2, 0.25) is 0 Å². The number of fused-ring (bicyclic) bond motifs is 1. The highest BCUT2D eigenvalue weighted by Crippen LogP contribution is 2.30. The lowest BCUT2D eigenvalue weighted by Gasteiger charge is -2.34.